The Bertz CT molecular complexity index is 844. The summed E-state index contributed by atoms with van der Waals surface area (Å²) in [4.78, 5) is 25.2. The number of hydrogen-bond acceptors (Lipinski definition) is 2. The van der Waals surface area contributed by atoms with Gasteiger partial charge in [0.05, 0.1) is 5.92 Å². The molecule has 0 saturated carbocycles. The molecule has 1 heterocycles. The van der Waals surface area contributed by atoms with E-state index in [1.807, 2.05) is 0 Å². The van der Waals surface area contributed by atoms with E-state index >= 15 is 0 Å². The summed E-state index contributed by atoms with van der Waals surface area (Å²) in [6.45, 7) is 2.28. The topological polar surface area (TPSA) is 57.6 Å². The maximum atomic E-state index is 13.4. The SMILES string of the molecule is C[C@@H]1CN(C(=O)c2ccc(-c3cc(F)c(F)c(F)c3)cc2)C[C@H]1C(=O)O. The predicted molar refractivity (Wildman–Crippen MR) is 87.9 cm³/mol. The van der Waals surface area contributed by atoms with Crippen LogP contribution in [0.4, 0.5) is 13.2 Å². The van der Waals surface area contributed by atoms with Crippen LogP contribution >= 0.6 is 0 Å². The van der Waals surface area contributed by atoms with Gasteiger partial charge in [-0.2, -0.15) is 0 Å². The summed E-state index contributed by atoms with van der Waals surface area (Å²) >= 11 is 0. The summed E-state index contributed by atoms with van der Waals surface area (Å²) in [6.07, 6.45) is 0. The summed E-state index contributed by atoms with van der Waals surface area (Å²) in [7, 11) is 0. The van der Waals surface area contributed by atoms with Crippen molar-refractivity contribution in [1.29, 1.82) is 0 Å². The lowest BCUT2D eigenvalue weighted by atomic mass is 9.99. The average Bonchev–Trinajstić information content (AvgIpc) is 3.01. The van der Waals surface area contributed by atoms with Gasteiger partial charge in [0.1, 0.15) is 0 Å². The van der Waals surface area contributed by atoms with Crippen LogP contribution in [0.2, 0.25) is 0 Å². The van der Waals surface area contributed by atoms with E-state index in [0.29, 0.717) is 17.7 Å². The maximum absolute atomic E-state index is 13.4. The Morgan fingerprint density at radius 3 is 2.08 bits per heavy atom. The van der Waals surface area contributed by atoms with Crippen molar-refractivity contribution in [3.05, 3.63) is 59.4 Å². The van der Waals surface area contributed by atoms with Crippen LogP contribution in [0.5, 0.6) is 0 Å². The van der Waals surface area contributed by atoms with E-state index in [9.17, 15) is 22.8 Å². The van der Waals surface area contributed by atoms with Gasteiger partial charge in [-0.1, -0.05) is 19.1 Å². The minimum absolute atomic E-state index is 0.138. The van der Waals surface area contributed by atoms with Gasteiger partial charge in [0.15, 0.2) is 17.5 Å². The molecule has 4 nitrogen and oxygen atoms in total. The molecule has 0 radical (unpaired) electrons. The molecule has 136 valence electrons. The van der Waals surface area contributed by atoms with E-state index in [-0.39, 0.29) is 23.9 Å². The van der Waals surface area contributed by atoms with Gasteiger partial charge in [0, 0.05) is 18.7 Å². The van der Waals surface area contributed by atoms with Crippen molar-refractivity contribution in [2.24, 2.45) is 11.8 Å². The summed E-state index contributed by atoms with van der Waals surface area (Å²) in [5.41, 5.74) is 0.925. The lowest BCUT2D eigenvalue weighted by molar-refractivity contribution is -0.142. The number of carboxylic acids is 1. The number of halogens is 3. The van der Waals surface area contributed by atoms with Gasteiger partial charge < -0.3 is 10.0 Å². The van der Waals surface area contributed by atoms with Crippen molar-refractivity contribution in [3.63, 3.8) is 0 Å². The third-order valence-electron chi connectivity index (χ3n) is 4.67. The van der Waals surface area contributed by atoms with E-state index in [1.165, 1.54) is 29.2 Å². The first-order valence-corrected chi connectivity index (χ1v) is 8.05. The average molecular weight is 363 g/mol. The Hall–Kier alpha value is -2.83. The molecule has 2 aromatic carbocycles. The van der Waals surface area contributed by atoms with Gasteiger partial charge in [-0.15, -0.1) is 0 Å². The van der Waals surface area contributed by atoms with Crippen LogP contribution in [0.25, 0.3) is 11.1 Å². The van der Waals surface area contributed by atoms with E-state index in [4.69, 9.17) is 5.11 Å². The predicted octanol–water partition coefficient (Wildman–Crippen LogP) is 3.56. The fraction of sp³-hybridized carbons (Fsp3) is 0.263. The Balaban J connectivity index is 1.80. The molecular formula is C19H16F3NO3. The maximum Gasteiger partial charge on any atom is 0.308 e. The zero-order valence-corrected chi connectivity index (χ0v) is 13.9. The largest absolute Gasteiger partial charge is 0.481 e. The second-order valence-corrected chi connectivity index (χ2v) is 6.46. The third-order valence-corrected chi connectivity index (χ3v) is 4.67. The van der Waals surface area contributed by atoms with Crippen LogP contribution in [0, 0.1) is 29.3 Å². The van der Waals surface area contributed by atoms with Crippen LogP contribution in [-0.2, 0) is 4.79 Å². The number of nitrogens with zero attached hydrogens (tertiary/aromatic N) is 1. The lowest BCUT2D eigenvalue weighted by Gasteiger charge is -2.16. The van der Waals surface area contributed by atoms with Crippen molar-refractivity contribution < 1.29 is 27.9 Å². The third kappa shape index (κ3) is 3.29. The fourth-order valence-corrected chi connectivity index (χ4v) is 3.16. The number of carbonyl (C=O) groups is 2. The molecule has 3 rings (SSSR count). The molecule has 0 spiro atoms. The highest BCUT2D eigenvalue weighted by molar-refractivity contribution is 5.95. The van der Waals surface area contributed by atoms with Gasteiger partial charge >= 0.3 is 5.97 Å². The molecule has 2 atom stereocenters. The standard InChI is InChI=1S/C19H16F3NO3/c1-10-8-23(9-14(10)19(25)26)18(24)12-4-2-11(3-5-12)13-6-15(20)17(22)16(21)7-13/h2-7,10,14H,8-9H2,1H3,(H,25,26)/t10-,14-/m1/s1. The molecule has 1 saturated heterocycles. The van der Waals surface area contributed by atoms with Gasteiger partial charge in [-0.05, 0) is 41.3 Å². The zero-order valence-electron chi connectivity index (χ0n) is 13.9. The Morgan fingerprint density at radius 1 is 1.00 bits per heavy atom. The van der Waals surface area contributed by atoms with Gasteiger partial charge in [-0.3, -0.25) is 9.59 Å². The lowest BCUT2D eigenvalue weighted by Crippen LogP contribution is -2.29. The molecule has 0 aromatic heterocycles. The van der Waals surface area contributed by atoms with Gasteiger partial charge in [-0.25, -0.2) is 13.2 Å². The Kier molecular flexibility index (Phi) is 4.71. The molecule has 1 fully saturated rings. The van der Waals surface area contributed by atoms with Gasteiger partial charge in [0.2, 0.25) is 0 Å². The second kappa shape index (κ2) is 6.82. The molecular weight excluding hydrogens is 347 g/mol. The first-order chi connectivity index (χ1) is 12.3. The summed E-state index contributed by atoms with van der Waals surface area (Å²) < 4.78 is 39.8. The van der Waals surface area contributed by atoms with Crippen LogP contribution in [0.15, 0.2) is 36.4 Å². The number of hydrogen-bond donors (Lipinski definition) is 1. The quantitative estimate of drug-likeness (QED) is 0.849. The Morgan fingerprint density at radius 2 is 1.58 bits per heavy atom. The number of aliphatic carboxylic acids is 1. The first-order valence-electron chi connectivity index (χ1n) is 8.05. The molecule has 7 heteroatoms. The number of carbonyl (C=O) groups excluding carboxylic acids is 1. The summed E-state index contributed by atoms with van der Waals surface area (Å²) in [5.74, 6) is -6.06. The van der Waals surface area contributed by atoms with Crippen molar-refractivity contribution >= 4 is 11.9 Å². The summed E-state index contributed by atoms with van der Waals surface area (Å²) in [5, 5.41) is 9.15. The normalized spacial score (nSPS) is 19.6. The van der Waals surface area contributed by atoms with Crippen molar-refractivity contribution in [1.82, 2.24) is 4.90 Å². The number of rotatable bonds is 3. The van der Waals surface area contributed by atoms with Crippen LogP contribution in [0.1, 0.15) is 17.3 Å². The van der Waals surface area contributed by atoms with Crippen molar-refractivity contribution in [3.8, 4) is 11.1 Å². The van der Waals surface area contributed by atoms with Crippen LogP contribution in [-0.4, -0.2) is 35.0 Å². The molecule has 0 unspecified atom stereocenters. The highest BCUT2D eigenvalue weighted by Gasteiger charge is 2.37. The fourth-order valence-electron chi connectivity index (χ4n) is 3.16. The van der Waals surface area contributed by atoms with Crippen LogP contribution < -0.4 is 0 Å². The first kappa shape index (κ1) is 18.0. The molecule has 1 amide bonds. The molecule has 26 heavy (non-hydrogen) atoms. The zero-order chi connectivity index (χ0) is 19.0. The monoisotopic (exact) mass is 363 g/mol. The van der Waals surface area contributed by atoms with Crippen molar-refractivity contribution in [2.75, 3.05) is 13.1 Å². The number of amides is 1. The highest BCUT2D eigenvalue weighted by atomic mass is 19.2. The molecule has 0 bridgehead atoms. The summed E-state index contributed by atoms with van der Waals surface area (Å²) in [6, 6.07) is 7.77. The van der Waals surface area contributed by atoms with Crippen LogP contribution in [0.3, 0.4) is 0 Å². The number of carboxylic acid groups (broad SMARTS) is 1. The molecule has 1 aliphatic rings. The van der Waals surface area contributed by atoms with Crippen molar-refractivity contribution in [2.45, 2.75) is 6.92 Å². The minimum atomic E-state index is -1.53. The smallest absolute Gasteiger partial charge is 0.308 e. The molecule has 0 aliphatic carbocycles. The van der Waals surface area contributed by atoms with E-state index in [1.54, 1.807) is 6.92 Å². The highest BCUT2D eigenvalue weighted by Crippen LogP contribution is 2.27. The van der Waals surface area contributed by atoms with E-state index in [2.05, 4.69) is 0 Å². The van der Waals surface area contributed by atoms with E-state index < -0.39 is 29.3 Å². The molecule has 1 N–H and O–H groups in total. The minimum Gasteiger partial charge on any atom is -0.481 e. The van der Waals surface area contributed by atoms with E-state index in [0.717, 1.165) is 12.1 Å². The van der Waals surface area contributed by atoms with Gasteiger partial charge in [0.25, 0.3) is 5.91 Å². The number of benzene rings is 2. The number of likely N-dealkylation sites (tertiary alicyclic amines) is 1. The Labute approximate surface area is 147 Å². The molecule has 1 aliphatic heterocycles. The molecule has 2 aromatic rings. The second-order valence-electron chi connectivity index (χ2n) is 6.46.